The molecule has 5 heteroatoms. The van der Waals surface area contributed by atoms with E-state index in [0.717, 1.165) is 0 Å². The SMILES string of the molecule is COCC(CC(=O)O)NC=O. The highest BCUT2D eigenvalue weighted by atomic mass is 16.5. The molecule has 0 saturated heterocycles. The first-order chi connectivity index (χ1) is 5.20. The molecule has 0 rings (SSSR count). The molecule has 64 valence electrons. The van der Waals surface area contributed by atoms with Gasteiger partial charge in [0.1, 0.15) is 0 Å². The highest BCUT2D eigenvalue weighted by molar-refractivity contribution is 5.68. The summed E-state index contributed by atoms with van der Waals surface area (Å²) in [6.45, 7) is 0.213. The lowest BCUT2D eigenvalue weighted by atomic mass is 10.2. The predicted molar refractivity (Wildman–Crippen MR) is 37.1 cm³/mol. The monoisotopic (exact) mass is 161 g/mol. The van der Waals surface area contributed by atoms with E-state index < -0.39 is 12.0 Å². The molecule has 0 aromatic rings. The number of rotatable bonds is 6. The fourth-order valence-corrected chi connectivity index (χ4v) is 0.674. The minimum Gasteiger partial charge on any atom is -0.481 e. The van der Waals surface area contributed by atoms with Crippen molar-refractivity contribution < 1.29 is 19.4 Å². The Labute approximate surface area is 64.3 Å². The zero-order valence-corrected chi connectivity index (χ0v) is 6.24. The zero-order valence-electron chi connectivity index (χ0n) is 6.24. The van der Waals surface area contributed by atoms with Crippen LogP contribution in [0.4, 0.5) is 0 Å². The Kier molecular flexibility index (Phi) is 5.10. The number of hydrogen-bond donors (Lipinski definition) is 2. The number of carboxylic acids is 1. The third-order valence-electron chi connectivity index (χ3n) is 1.09. The molecule has 5 nitrogen and oxygen atoms in total. The van der Waals surface area contributed by atoms with Gasteiger partial charge in [-0.25, -0.2) is 0 Å². The molecule has 0 aliphatic carbocycles. The molecule has 1 amide bonds. The maximum Gasteiger partial charge on any atom is 0.305 e. The molecule has 0 aliphatic rings. The summed E-state index contributed by atoms with van der Waals surface area (Å²) in [6.07, 6.45) is 0.346. The molecular formula is C6H11NO4. The van der Waals surface area contributed by atoms with Crippen molar-refractivity contribution in [3.63, 3.8) is 0 Å². The van der Waals surface area contributed by atoms with E-state index in [0.29, 0.717) is 6.41 Å². The topological polar surface area (TPSA) is 75.6 Å². The molecule has 0 spiro atoms. The predicted octanol–water partition coefficient (Wildman–Crippen LogP) is -0.778. The van der Waals surface area contributed by atoms with Gasteiger partial charge in [-0.1, -0.05) is 0 Å². The van der Waals surface area contributed by atoms with Gasteiger partial charge in [0.25, 0.3) is 0 Å². The van der Waals surface area contributed by atoms with Crippen molar-refractivity contribution in [1.29, 1.82) is 0 Å². The van der Waals surface area contributed by atoms with Crippen molar-refractivity contribution in [2.75, 3.05) is 13.7 Å². The van der Waals surface area contributed by atoms with E-state index in [1.54, 1.807) is 0 Å². The van der Waals surface area contributed by atoms with Crippen LogP contribution < -0.4 is 5.32 Å². The number of carbonyl (C=O) groups excluding carboxylic acids is 1. The van der Waals surface area contributed by atoms with Crippen LogP contribution >= 0.6 is 0 Å². The molecule has 0 fully saturated rings. The number of aliphatic carboxylic acids is 1. The Morgan fingerprint density at radius 1 is 1.82 bits per heavy atom. The standard InChI is InChI=1S/C6H11NO4/c1-11-3-5(7-4-8)2-6(9)10/h4-5H,2-3H2,1H3,(H,7,8)(H,9,10). The van der Waals surface area contributed by atoms with Gasteiger partial charge in [0.15, 0.2) is 0 Å². The van der Waals surface area contributed by atoms with Crippen LogP contribution in [0.3, 0.4) is 0 Å². The Balaban J connectivity index is 3.67. The lowest BCUT2D eigenvalue weighted by molar-refractivity contribution is -0.137. The van der Waals surface area contributed by atoms with Crippen LogP contribution in [0.15, 0.2) is 0 Å². The molecule has 1 atom stereocenters. The smallest absolute Gasteiger partial charge is 0.305 e. The van der Waals surface area contributed by atoms with Gasteiger partial charge < -0.3 is 15.2 Å². The van der Waals surface area contributed by atoms with E-state index in [-0.39, 0.29) is 13.0 Å². The minimum atomic E-state index is -0.957. The fraction of sp³-hybridized carbons (Fsp3) is 0.667. The van der Waals surface area contributed by atoms with Crippen molar-refractivity contribution in [2.45, 2.75) is 12.5 Å². The van der Waals surface area contributed by atoms with E-state index in [1.165, 1.54) is 7.11 Å². The molecule has 0 aromatic carbocycles. The molecule has 0 radical (unpaired) electrons. The van der Waals surface area contributed by atoms with Crippen LogP contribution in [0.5, 0.6) is 0 Å². The highest BCUT2D eigenvalue weighted by Crippen LogP contribution is 1.90. The van der Waals surface area contributed by atoms with Gasteiger partial charge in [0.05, 0.1) is 19.1 Å². The normalized spacial score (nSPS) is 12.1. The average Bonchev–Trinajstić information content (AvgIpc) is 1.87. The van der Waals surface area contributed by atoms with Crippen LogP contribution in [0.25, 0.3) is 0 Å². The molecule has 1 unspecified atom stereocenters. The van der Waals surface area contributed by atoms with Crippen LogP contribution in [-0.2, 0) is 14.3 Å². The second kappa shape index (κ2) is 5.67. The third-order valence-corrected chi connectivity index (χ3v) is 1.09. The summed E-state index contributed by atoms with van der Waals surface area (Å²) >= 11 is 0. The summed E-state index contributed by atoms with van der Waals surface area (Å²) in [5.41, 5.74) is 0. The van der Waals surface area contributed by atoms with E-state index in [9.17, 15) is 9.59 Å². The molecule has 0 heterocycles. The van der Waals surface area contributed by atoms with Crippen LogP contribution in [-0.4, -0.2) is 37.2 Å². The Morgan fingerprint density at radius 2 is 2.45 bits per heavy atom. The first-order valence-corrected chi connectivity index (χ1v) is 3.11. The van der Waals surface area contributed by atoms with E-state index >= 15 is 0 Å². The van der Waals surface area contributed by atoms with E-state index in [1.807, 2.05) is 0 Å². The Hall–Kier alpha value is -1.10. The van der Waals surface area contributed by atoms with Crippen molar-refractivity contribution in [3.05, 3.63) is 0 Å². The lowest BCUT2D eigenvalue weighted by Crippen LogP contribution is -2.34. The van der Waals surface area contributed by atoms with Gasteiger partial charge in [0, 0.05) is 7.11 Å². The van der Waals surface area contributed by atoms with Crippen LogP contribution in [0.2, 0.25) is 0 Å². The molecule has 2 N–H and O–H groups in total. The van der Waals surface area contributed by atoms with Gasteiger partial charge >= 0.3 is 5.97 Å². The van der Waals surface area contributed by atoms with Gasteiger partial charge in [0.2, 0.25) is 6.41 Å². The number of methoxy groups -OCH3 is 1. The number of carbonyl (C=O) groups is 2. The second-order valence-corrected chi connectivity index (χ2v) is 2.03. The first-order valence-electron chi connectivity index (χ1n) is 3.11. The summed E-state index contributed by atoms with van der Waals surface area (Å²) in [5, 5.41) is 10.7. The summed E-state index contributed by atoms with van der Waals surface area (Å²) < 4.78 is 4.67. The summed E-state index contributed by atoms with van der Waals surface area (Å²) in [4.78, 5) is 20.1. The van der Waals surface area contributed by atoms with Crippen molar-refractivity contribution in [2.24, 2.45) is 0 Å². The van der Waals surface area contributed by atoms with Crippen molar-refractivity contribution >= 4 is 12.4 Å². The lowest BCUT2D eigenvalue weighted by Gasteiger charge is -2.11. The Morgan fingerprint density at radius 3 is 2.82 bits per heavy atom. The summed E-state index contributed by atoms with van der Waals surface area (Å²) in [6, 6.07) is -0.435. The summed E-state index contributed by atoms with van der Waals surface area (Å²) in [7, 11) is 1.45. The molecule has 0 aromatic heterocycles. The molecule has 11 heavy (non-hydrogen) atoms. The minimum absolute atomic E-state index is 0.118. The number of nitrogens with one attached hydrogen (secondary N) is 1. The molecule has 0 bridgehead atoms. The zero-order chi connectivity index (χ0) is 8.69. The van der Waals surface area contributed by atoms with Gasteiger partial charge in [-0.3, -0.25) is 9.59 Å². The maximum atomic E-state index is 10.1. The second-order valence-electron chi connectivity index (χ2n) is 2.03. The van der Waals surface area contributed by atoms with Crippen molar-refractivity contribution in [3.8, 4) is 0 Å². The number of carboxylic acid groups (broad SMARTS) is 1. The molecule has 0 aliphatic heterocycles. The van der Waals surface area contributed by atoms with Crippen molar-refractivity contribution in [1.82, 2.24) is 5.32 Å². The van der Waals surface area contributed by atoms with Crippen LogP contribution in [0.1, 0.15) is 6.42 Å². The number of hydrogen-bond acceptors (Lipinski definition) is 3. The maximum absolute atomic E-state index is 10.1. The largest absolute Gasteiger partial charge is 0.481 e. The Bertz CT molecular complexity index is 137. The van der Waals surface area contributed by atoms with E-state index in [2.05, 4.69) is 10.1 Å². The van der Waals surface area contributed by atoms with Gasteiger partial charge in [-0.15, -0.1) is 0 Å². The summed E-state index contributed by atoms with van der Waals surface area (Å²) in [5.74, 6) is -0.957. The van der Waals surface area contributed by atoms with Gasteiger partial charge in [-0.05, 0) is 0 Å². The first kappa shape index (κ1) is 9.90. The molecule has 0 saturated carbocycles. The third kappa shape index (κ3) is 5.35. The average molecular weight is 161 g/mol. The number of ether oxygens (including phenoxy) is 1. The van der Waals surface area contributed by atoms with E-state index in [4.69, 9.17) is 5.11 Å². The quantitative estimate of drug-likeness (QED) is 0.501. The molecular weight excluding hydrogens is 150 g/mol. The van der Waals surface area contributed by atoms with Gasteiger partial charge in [-0.2, -0.15) is 0 Å². The fourth-order valence-electron chi connectivity index (χ4n) is 0.674. The van der Waals surface area contributed by atoms with Crippen LogP contribution in [0, 0.1) is 0 Å². The highest BCUT2D eigenvalue weighted by Gasteiger charge is 2.10. The number of amides is 1.